The maximum Gasteiger partial charge on any atom is 0.199 e. The summed E-state index contributed by atoms with van der Waals surface area (Å²) >= 11 is 11.5. The number of H-pyrrole nitrogens is 1. The Bertz CT molecular complexity index is 693. The molecule has 0 aliphatic rings. The zero-order chi connectivity index (χ0) is 18.6. The number of nitrogens with one attached hydrogen (secondary N) is 1. The van der Waals surface area contributed by atoms with Crippen molar-refractivity contribution in [1.29, 1.82) is 0 Å². The van der Waals surface area contributed by atoms with E-state index >= 15 is 0 Å². The van der Waals surface area contributed by atoms with E-state index in [0.717, 1.165) is 24.4 Å². The van der Waals surface area contributed by atoms with Crippen LogP contribution >= 0.6 is 23.8 Å². The van der Waals surface area contributed by atoms with Gasteiger partial charge in [-0.1, -0.05) is 88.8 Å². The molecule has 1 aromatic carbocycles. The summed E-state index contributed by atoms with van der Waals surface area (Å²) in [5, 5.41) is 8.04. The third-order valence-corrected chi connectivity index (χ3v) is 5.32. The monoisotopic (exact) mass is 393 g/mol. The Labute approximate surface area is 168 Å². The number of aromatic amines is 1. The van der Waals surface area contributed by atoms with Crippen LogP contribution in [0.15, 0.2) is 24.3 Å². The van der Waals surface area contributed by atoms with Crippen molar-refractivity contribution in [2.45, 2.75) is 84.0 Å². The molecule has 1 aromatic heterocycles. The van der Waals surface area contributed by atoms with Gasteiger partial charge in [0.2, 0.25) is 0 Å². The first-order valence-electron chi connectivity index (χ1n) is 10.1. The summed E-state index contributed by atoms with van der Waals surface area (Å²) in [6.45, 7) is 2.27. The van der Waals surface area contributed by atoms with E-state index in [1.807, 2.05) is 28.8 Å². The van der Waals surface area contributed by atoms with E-state index in [1.54, 1.807) is 0 Å². The van der Waals surface area contributed by atoms with Gasteiger partial charge in [-0.05, 0) is 36.8 Å². The van der Waals surface area contributed by atoms with Crippen LogP contribution in [0.3, 0.4) is 0 Å². The molecule has 0 aliphatic carbocycles. The normalized spacial score (nSPS) is 11.2. The molecule has 0 bridgehead atoms. The van der Waals surface area contributed by atoms with Crippen LogP contribution in [0.2, 0.25) is 5.02 Å². The molecule has 0 atom stereocenters. The van der Waals surface area contributed by atoms with E-state index < -0.39 is 0 Å². The summed E-state index contributed by atoms with van der Waals surface area (Å²) in [5.74, 6) is 0.994. The van der Waals surface area contributed by atoms with Crippen molar-refractivity contribution in [3.05, 3.63) is 39.9 Å². The van der Waals surface area contributed by atoms with Crippen molar-refractivity contribution in [2.75, 3.05) is 0 Å². The molecule has 0 fully saturated rings. The van der Waals surface area contributed by atoms with Gasteiger partial charge in [-0.2, -0.15) is 5.10 Å². The highest BCUT2D eigenvalue weighted by Crippen LogP contribution is 2.18. The van der Waals surface area contributed by atoms with Crippen molar-refractivity contribution in [3.63, 3.8) is 0 Å². The topological polar surface area (TPSA) is 33.6 Å². The highest BCUT2D eigenvalue weighted by Gasteiger charge is 2.08. The van der Waals surface area contributed by atoms with Crippen LogP contribution in [0.5, 0.6) is 0 Å². The van der Waals surface area contributed by atoms with Gasteiger partial charge in [0.1, 0.15) is 5.82 Å². The van der Waals surface area contributed by atoms with Crippen LogP contribution in [0.4, 0.5) is 0 Å². The van der Waals surface area contributed by atoms with Gasteiger partial charge in [0.25, 0.3) is 0 Å². The first kappa shape index (κ1) is 21.2. The molecule has 5 heteroatoms. The summed E-state index contributed by atoms with van der Waals surface area (Å²) in [5.41, 5.74) is 0.981. The third kappa shape index (κ3) is 7.24. The Hall–Kier alpha value is -1.13. The fourth-order valence-corrected chi connectivity index (χ4v) is 3.77. The van der Waals surface area contributed by atoms with E-state index in [4.69, 9.17) is 23.8 Å². The molecule has 0 unspecified atom stereocenters. The number of rotatable bonds is 13. The first-order chi connectivity index (χ1) is 12.7. The van der Waals surface area contributed by atoms with Crippen molar-refractivity contribution in [3.8, 4) is 5.69 Å². The summed E-state index contributed by atoms with van der Waals surface area (Å²) in [7, 11) is 0. The number of nitrogens with zero attached hydrogens (tertiary/aromatic N) is 2. The van der Waals surface area contributed by atoms with Gasteiger partial charge in [-0.25, -0.2) is 0 Å². The largest absolute Gasteiger partial charge is 0.272 e. The maximum atomic E-state index is 6.11. The maximum absolute atomic E-state index is 6.11. The van der Waals surface area contributed by atoms with Crippen LogP contribution in [0, 0.1) is 4.77 Å². The summed E-state index contributed by atoms with van der Waals surface area (Å²) < 4.78 is 2.63. The van der Waals surface area contributed by atoms with E-state index in [2.05, 4.69) is 17.1 Å². The first-order valence-corrected chi connectivity index (χ1v) is 10.9. The second-order valence-corrected chi connectivity index (χ2v) is 7.87. The lowest BCUT2D eigenvalue weighted by molar-refractivity contribution is 0.547. The van der Waals surface area contributed by atoms with Gasteiger partial charge in [0.05, 0.1) is 5.69 Å². The molecule has 0 radical (unpaired) electrons. The quantitative estimate of drug-likeness (QED) is 0.283. The molecule has 3 nitrogen and oxygen atoms in total. The van der Waals surface area contributed by atoms with Crippen LogP contribution in [-0.2, 0) is 6.42 Å². The molecule has 0 spiro atoms. The average molecular weight is 394 g/mol. The predicted molar refractivity (Wildman–Crippen MR) is 114 cm³/mol. The number of aryl methyl sites for hydroxylation is 1. The van der Waals surface area contributed by atoms with Gasteiger partial charge in [0, 0.05) is 11.4 Å². The Morgan fingerprint density at radius 3 is 2.19 bits per heavy atom. The minimum atomic E-state index is 0.630. The van der Waals surface area contributed by atoms with Crippen molar-refractivity contribution in [2.24, 2.45) is 0 Å². The lowest BCUT2D eigenvalue weighted by Crippen LogP contribution is -2.01. The highest BCUT2D eigenvalue weighted by atomic mass is 35.5. The second-order valence-electron chi connectivity index (χ2n) is 7.05. The summed E-state index contributed by atoms with van der Waals surface area (Å²) in [6, 6.07) is 7.76. The van der Waals surface area contributed by atoms with Crippen molar-refractivity contribution in [1.82, 2.24) is 14.8 Å². The molecule has 1 N–H and O–H groups in total. The number of hydrogen-bond donors (Lipinski definition) is 1. The molecule has 0 aliphatic heterocycles. The van der Waals surface area contributed by atoms with Gasteiger partial charge in [-0.3, -0.25) is 9.67 Å². The predicted octanol–water partition coefficient (Wildman–Crippen LogP) is 7.44. The van der Waals surface area contributed by atoms with Crippen molar-refractivity contribution < 1.29 is 0 Å². The third-order valence-electron chi connectivity index (χ3n) is 4.81. The lowest BCUT2D eigenvalue weighted by atomic mass is 10.1. The van der Waals surface area contributed by atoms with Gasteiger partial charge < -0.3 is 0 Å². The smallest absolute Gasteiger partial charge is 0.199 e. The highest BCUT2D eigenvalue weighted by molar-refractivity contribution is 7.71. The fourth-order valence-electron chi connectivity index (χ4n) is 3.33. The van der Waals surface area contributed by atoms with Crippen molar-refractivity contribution >= 4 is 23.8 Å². The van der Waals surface area contributed by atoms with E-state index in [9.17, 15) is 0 Å². The summed E-state index contributed by atoms with van der Waals surface area (Å²) in [6.07, 6.45) is 15.8. The molecule has 1 heterocycles. The minimum Gasteiger partial charge on any atom is -0.272 e. The molecule has 0 saturated heterocycles. The van der Waals surface area contributed by atoms with Crippen LogP contribution in [0.25, 0.3) is 5.69 Å². The molecule has 2 aromatic rings. The molecule has 0 saturated carbocycles. The molecule has 26 heavy (non-hydrogen) atoms. The molecule has 144 valence electrons. The van der Waals surface area contributed by atoms with Crippen LogP contribution in [-0.4, -0.2) is 14.8 Å². The number of unbranched alkanes of at least 4 members (excludes halogenated alkanes) is 10. The summed E-state index contributed by atoms with van der Waals surface area (Å²) in [4.78, 5) is 0. The Morgan fingerprint density at radius 1 is 0.962 bits per heavy atom. The zero-order valence-corrected chi connectivity index (χ0v) is 17.5. The second kappa shape index (κ2) is 12.3. The number of benzene rings is 1. The van der Waals surface area contributed by atoms with Gasteiger partial charge in [0.15, 0.2) is 4.77 Å². The molecular weight excluding hydrogens is 362 g/mol. The van der Waals surface area contributed by atoms with E-state index in [0.29, 0.717) is 9.79 Å². The minimum absolute atomic E-state index is 0.630. The van der Waals surface area contributed by atoms with Gasteiger partial charge in [-0.15, -0.1) is 0 Å². The Balaban J connectivity index is 1.66. The number of aromatic nitrogens is 3. The lowest BCUT2D eigenvalue weighted by Gasteiger charge is -2.07. The van der Waals surface area contributed by atoms with Gasteiger partial charge >= 0.3 is 0 Å². The number of halogens is 1. The number of hydrogen-bond acceptors (Lipinski definition) is 2. The van der Waals surface area contributed by atoms with Crippen LogP contribution < -0.4 is 0 Å². The average Bonchev–Trinajstić information content (AvgIpc) is 3.00. The molecule has 0 amide bonds. The van der Waals surface area contributed by atoms with Crippen LogP contribution in [0.1, 0.15) is 83.4 Å². The van der Waals surface area contributed by atoms with E-state index in [1.165, 1.54) is 64.2 Å². The van der Waals surface area contributed by atoms with E-state index in [-0.39, 0.29) is 0 Å². The molecular formula is C21H32ClN3S. The SMILES string of the molecule is CCCCCCCCCCCCCc1n[nH]c(=S)n1-c1cccc(Cl)c1. The standard InChI is InChI=1S/C21H32ClN3S/c1-2-3-4-5-6-7-8-9-10-11-12-16-20-23-24-21(26)25(20)19-15-13-14-18(22)17-19/h13-15,17H,2-12,16H2,1H3,(H,24,26). The fraction of sp³-hybridized carbons (Fsp3) is 0.619. The Kier molecular flexibility index (Phi) is 10.0. The molecule has 2 rings (SSSR count). The zero-order valence-electron chi connectivity index (χ0n) is 16.0. The Morgan fingerprint density at radius 2 is 1.58 bits per heavy atom.